The number of rotatable bonds is 2. The monoisotopic (exact) mass is 680 g/mol. The Hall–Kier alpha value is -6.52. The second kappa shape index (κ2) is 11.2. The van der Waals surface area contributed by atoms with Crippen molar-refractivity contribution in [2.45, 2.75) is 19.5 Å². The van der Waals surface area contributed by atoms with E-state index in [1.165, 1.54) is 65.0 Å². The van der Waals surface area contributed by atoms with E-state index in [-0.39, 0.29) is 11.6 Å². The summed E-state index contributed by atoms with van der Waals surface area (Å²) >= 11 is 0. The number of hydrogen-bond acceptors (Lipinski definition) is 3. The molecule has 0 N–H and O–H groups in total. The first-order valence-electron chi connectivity index (χ1n) is 18.5. The SMILES string of the molecule is CN1C(n2c3ccccc3c3c4c5ccccc5ccc4c4ccccc4c32)=NC(C2=CCC3(C)C=CC=CC3=C2)=NC1c1ccc2ccccc2c1. The summed E-state index contributed by atoms with van der Waals surface area (Å²) in [5, 5.41) is 12.4. The minimum atomic E-state index is -0.291. The van der Waals surface area contributed by atoms with Gasteiger partial charge in [0.05, 0.1) is 11.0 Å². The molecule has 0 amide bonds. The van der Waals surface area contributed by atoms with Crippen LogP contribution >= 0.6 is 0 Å². The van der Waals surface area contributed by atoms with E-state index in [9.17, 15) is 0 Å². The lowest BCUT2D eigenvalue weighted by Crippen LogP contribution is -2.39. The van der Waals surface area contributed by atoms with Crippen LogP contribution in [0.1, 0.15) is 25.1 Å². The van der Waals surface area contributed by atoms with Gasteiger partial charge in [-0.1, -0.05) is 153 Å². The number of fused-ring (bicyclic) bond motifs is 12. The molecule has 0 saturated carbocycles. The van der Waals surface area contributed by atoms with Gasteiger partial charge in [0.15, 0.2) is 12.0 Å². The molecule has 0 fully saturated rings. The van der Waals surface area contributed by atoms with Crippen molar-refractivity contribution < 1.29 is 0 Å². The van der Waals surface area contributed by atoms with Crippen molar-refractivity contribution in [1.29, 1.82) is 0 Å². The highest BCUT2D eigenvalue weighted by atomic mass is 15.4. The smallest absolute Gasteiger partial charge is 0.214 e. The van der Waals surface area contributed by atoms with Crippen LogP contribution in [0.15, 0.2) is 185 Å². The van der Waals surface area contributed by atoms with E-state index in [2.05, 4.69) is 187 Å². The molecule has 7 aromatic carbocycles. The molecule has 2 atom stereocenters. The van der Waals surface area contributed by atoms with E-state index in [0.717, 1.165) is 34.9 Å². The first kappa shape index (κ1) is 30.1. The normalized spacial score (nSPS) is 20.0. The molecule has 2 unspecified atom stereocenters. The maximum Gasteiger partial charge on any atom is 0.214 e. The molecular formula is C49H36N4. The van der Waals surface area contributed by atoms with Gasteiger partial charge in [0.1, 0.15) is 0 Å². The Morgan fingerprint density at radius 2 is 1.38 bits per heavy atom. The second-order valence-electron chi connectivity index (χ2n) is 14.9. The van der Waals surface area contributed by atoms with E-state index in [4.69, 9.17) is 9.98 Å². The standard InChI is InChI=1S/C49H36N4/c1-49-27-12-11-16-36(49)30-34(26-28-49)46-50-47(35-23-22-31-13-3-4-15-33(31)29-35)52(2)48(51-46)53-42-21-10-9-20-41(42)44-43-37-17-6-5-14-32(37)24-25-39(43)38-18-7-8-19-40(38)45(44)53/h3-27,29-30,47H,28H2,1-2H3. The molecule has 1 aliphatic heterocycles. The van der Waals surface area contributed by atoms with E-state index >= 15 is 0 Å². The first-order chi connectivity index (χ1) is 26.1. The molecule has 2 aliphatic carbocycles. The van der Waals surface area contributed by atoms with Crippen LogP contribution in [0.5, 0.6) is 0 Å². The van der Waals surface area contributed by atoms with Crippen molar-refractivity contribution in [2.24, 2.45) is 15.4 Å². The summed E-state index contributed by atoms with van der Waals surface area (Å²) < 4.78 is 2.42. The molecule has 4 heteroatoms. The molecule has 2 heterocycles. The molecule has 0 bridgehead atoms. The lowest BCUT2D eigenvalue weighted by atomic mass is 9.73. The number of hydrogen-bond donors (Lipinski definition) is 0. The van der Waals surface area contributed by atoms with Crippen molar-refractivity contribution in [1.82, 2.24) is 9.47 Å². The molecule has 8 aromatic rings. The minimum absolute atomic E-state index is 0.0237. The van der Waals surface area contributed by atoms with Gasteiger partial charge >= 0.3 is 0 Å². The molecule has 3 aliphatic rings. The molecule has 1 aromatic heterocycles. The van der Waals surface area contributed by atoms with Gasteiger partial charge in [0.25, 0.3) is 0 Å². The number of nitrogens with zero attached hydrogens (tertiary/aromatic N) is 4. The van der Waals surface area contributed by atoms with E-state index in [1.807, 2.05) is 0 Å². The lowest BCUT2D eigenvalue weighted by Gasteiger charge is -2.35. The summed E-state index contributed by atoms with van der Waals surface area (Å²) in [6, 6.07) is 46.4. The van der Waals surface area contributed by atoms with Crippen molar-refractivity contribution in [3.63, 3.8) is 0 Å². The summed E-state index contributed by atoms with van der Waals surface area (Å²) in [4.78, 5) is 13.3. The van der Waals surface area contributed by atoms with Crippen molar-refractivity contribution in [2.75, 3.05) is 7.05 Å². The molecule has 0 saturated heterocycles. The maximum absolute atomic E-state index is 5.58. The third-order valence-corrected chi connectivity index (χ3v) is 11.8. The summed E-state index contributed by atoms with van der Waals surface area (Å²) in [5.41, 5.74) is 5.76. The van der Waals surface area contributed by atoms with Crippen LogP contribution < -0.4 is 0 Å². The molecule has 11 rings (SSSR count). The molecule has 53 heavy (non-hydrogen) atoms. The zero-order valence-electron chi connectivity index (χ0n) is 29.7. The zero-order valence-corrected chi connectivity index (χ0v) is 29.7. The predicted molar refractivity (Wildman–Crippen MR) is 224 cm³/mol. The van der Waals surface area contributed by atoms with Crippen molar-refractivity contribution >= 4 is 76.7 Å². The predicted octanol–water partition coefficient (Wildman–Crippen LogP) is 12.0. The fourth-order valence-electron chi connectivity index (χ4n) is 8.99. The van der Waals surface area contributed by atoms with Crippen LogP contribution in [0.3, 0.4) is 0 Å². The van der Waals surface area contributed by atoms with Gasteiger partial charge in [-0.15, -0.1) is 0 Å². The van der Waals surface area contributed by atoms with Crippen molar-refractivity contribution in [3.05, 3.63) is 181 Å². The highest BCUT2D eigenvalue weighted by molar-refractivity contribution is 6.38. The van der Waals surface area contributed by atoms with Gasteiger partial charge in [0.2, 0.25) is 5.96 Å². The Bertz CT molecular complexity index is 3080. The van der Waals surface area contributed by atoms with Gasteiger partial charge in [-0.25, -0.2) is 4.99 Å². The van der Waals surface area contributed by atoms with Gasteiger partial charge < -0.3 is 4.90 Å². The number of amidine groups is 1. The summed E-state index contributed by atoms with van der Waals surface area (Å²) in [6.07, 6.45) is 14.1. The van der Waals surface area contributed by atoms with Crippen LogP contribution in [0, 0.1) is 5.41 Å². The molecule has 252 valence electrons. The maximum atomic E-state index is 5.58. The Kier molecular flexibility index (Phi) is 6.39. The van der Waals surface area contributed by atoms with Crippen LogP contribution in [-0.2, 0) is 0 Å². The fourth-order valence-corrected chi connectivity index (χ4v) is 8.99. The minimum Gasteiger partial charge on any atom is -0.319 e. The van der Waals surface area contributed by atoms with Gasteiger partial charge in [0, 0.05) is 39.6 Å². The topological polar surface area (TPSA) is 32.9 Å². The zero-order chi connectivity index (χ0) is 35.3. The summed E-state index contributed by atoms with van der Waals surface area (Å²) in [6.45, 7) is 2.31. The summed E-state index contributed by atoms with van der Waals surface area (Å²) in [7, 11) is 2.15. The number of aliphatic imine (C=N–C) groups is 2. The molecular weight excluding hydrogens is 645 g/mol. The number of aromatic nitrogens is 1. The van der Waals surface area contributed by atoms with E-state index in [0.29, 0.717) is 0 Å². The van der Waals surface area contributed by atoms with Crippen LogP contribution in [0.4, 0.5) is 0 Å². The van der Waals surface area contributed by atoms with Crippen LogP contribution in [0.25, 0.3) is 64.9 Å². The quantitative estimate of drug-likeness (QED) is 0.167. The molecule has 0 radical (unpaired) electrons. The third kappa shape index (κ3) is 4.42. The second-order valence-corrected chi connectivity index (χ2v) is 14.9. The number of benzene rings is 7. The Morgan fingerprint density at radius 1 is 0.660 bits per heavy atom. The Labute approximate surface area is 307 Å². The largest absolute Gasteiger partial charge is 0.319 e. The first-order valence-corrected chi connectivity index (χ1v) is 18.5. The average Bonchev–Trinajstić information content (AvgIpc) is 3.55. The van der Waals surface area contributed by atoms with Gasteiger partial charge in [-0.05, 0) is 68.1 Å². The van der Waals surface area contributed by atoms with Crippen molar-refractivity contribution in [3.8, 4) is 0 Å². The van der Waals surface area contributed by atoms with Gasteiger partial charge in [-0.2, -0.15) is 4.99 Å². The fraction of sp³-hybridized carbons (Fsp3) is 0.102. The average molecular weight is 681 g/mol. The highest BCUT2D eigenvalue weighted by Gasteiger charge is 2.33. The molecule has 4 nitrogen and oxygen atoms in total. The Balaban J connectivity index is 1.24. The Morgan fingerprint density at radius 3 is 2.25 bits per heavy atom. The van der Waals surface area contributed by atoms with E-state index in [1.54, 1.807) is 0 Å². The lowest BCUT2D eigenvalue weighted by molar-refractivity contribution is 0.373. The third-order valence-electron chi connectivity index (χ3n) is 11.8. The molecule has 0 spiro atoms. The van der Waals surface area contributed by atoms with E-state index < -0.39 is 0 Å². The van der Waals surface area contributed by atoms with Crippen LogP contribution in [-0.4, -0.2) is 28.3 Å². The highest BCUT2D eigenvalue weighted by Crippen LogP contribution is 2.45. The van der Waals surface area contributed by atoms with Crippen LogP contribution in [0.2, 0.25) is 0 Å². The van der Waals surface area contributed by atoms with Gasteiger partial charge in [-0.3, -0.25) is 4.57 Å². The number of allylic oxidation sites excluding steroid dienone is 6. The summed E-state index contributed by atoms with van der Waals surface area (Å²) in [5.74, 6) is 1.62. The number of para-hydroxylation sites is 1.